The number of nitrogens with one attached hydrogen (secondary N) is 1. The summed E-state index contributed by atoms with van der Waals surface area (Å²) in [6, 6.07) is 26.4. The maximum Gasteiger partial charge on any atom is 0.305 e. The second kappa shape index (κ2) is 13.7. The second-order valence-electron chi connectivity index (χ2n) is 8.18. The fourth-order valence-electron chi connectivity index (χ4n) is 3.73. The molecule has 0 fully saturated rings. The van der Waals surface area contributed by atoms with Gasteiger partial charge in [-0.25, -0.2) is 0 Å². The quantitative estimate of drug-likeness (QED) is 0.273. The molecule has 6 nitrogen and oxygen atoms in total. The zero-order valence-electron chi connectivity index (χ0n) is 20.1. The average Bonchev–Trinajstić information content (AvgIpc) is 2.88. The Bertz CT molecular complexity index is 1100. The zero-order valence-corrected chi connectivity index (χ0v) is 20.1. The highest BCUT2D eigenvalue weighted by Gasteiger charge is 2.16. The van der Waals surface area contributed by atoms with Crippen LogP contribution < -0.4 is 10.2 Å². The van der Waals surface area contributed by atoms with Crippen molar-refractivity contribution in [3.8, 4) is 0 Å². The molecule has 0 bridgehead atoms. The van der Waals surface area contributed by atoms with E-state index in [1.165, 1.54) is 5.56 Å². The highest BCUT2D eigenvalue weighted by molar-refractivity contribution is 6.07. The first kappa shape index (κ1) is 25.7. The lowest BCUT2D eigenvalue weighted by molar-refractivity contribution is -0.143. The predicted molar refractivity (Wildman–Crippen MR) is 138 cm³/mol. The van der Waals surface area contributed by atoms with Gasteiger partial charge >= 0.3 is 5.97 Å². The summed E-state index contributed by atoms with van der Waals surface area (Å²) < 4.78 is 5.26. The first-order valence-electron chi connectivity index (χ1n) is 12.0. The normalized spacial score (nSPS) is 10.4. The van der Waals surface area contributed by atoms with E-state index >= 15 is 0 Å². The Balaban J connectivity index is 1.40. The van der Waals surface area contributed by atoms with E-state index in [9.17, 15) is 14.4 Å². The van der Waals surface area contributed by atoms with E-state index in [2.05, 4.69) is 17.4 Å². The number of carbonyl (C=O) groups is 3. The van der Waals surface area contributed by atoms with Gasteiger partial charge in [0.2, 0.25) is 5.91 Å². The maximum absolute atomic E-state index is 13.0. The van der Waals surface area contributed by atoms with Crippen LogP contribution in [-0.2, 0) is 20.7 Å². The molecule has 0 unspecified atom stereocenters. The van der Waals surface area contributed by atoms with Gasteiger partial charge in [0.05, 0.1) is 6.61 Å². The number of benzene rings is 3. The number of hydrogen-bond acceptors (Lipinski definition) is 4. The highest BCUT2D eigenvalue weighted by atomic mass is 16.5. The van der Waals surface area contributed by atoms with Gasteiger partial charge in [-0.3, -0.25) is 14.4 Å². The lowest BCUT2D eigenvalue weighted by Crippen LogP contribution is -2.30. The lowest BCUT2D eigenvalue weighted by Gasteiger charge is -2.21. The number of nitrogens with zero attached hydrogens (tertiary/aromatic N) is 1. The molecule has 0 atom stereocenters. The summed E-state index contributed by atoms with van der Waals surface area (Å²) in [7, 11) is 0. The van der Waals surface area contributed by atoms with E-state index in [1.54, 1.807) is 29.2 Å². The van der Waals surface area contributed by atoms with Crippen LogP contribution in [0.25, 0.3) is 0 Å². The summed E-state index contributed by atoms with van der Waals surface area (Å²) in [6.07, 6.45) is 2.42. The first-order valence-corrected chi connectivity index (χ1v) is 12.0. The predicted octanol–water partition coefficient (Wildman–Crippen LogP) is 5.64. The van der Waals surface area contributed by atoms with E-state index in [4.69, 9.17) is 4.74 Å². The molecule has 6 heteroatoms. The number of anilines is 2. The van der Waals surface area contributed by atoms with Crippen LogP contribution >= 0.6 is 0 Å². The molecule has 3 aromatic carbocycles. The molecule has 0 spiro atoms. The fraction of sp³-hybridized carbons (Fsp3) is 0.276. The van der Waals surface area contributed by atoms with Crippen molar-refractivity contribution in [2.24, 2.45) is 0 Å². The van der Waals surface area contributed by atoms with Crippen molar-refractivity contribution in [3.05, 3.63) is 96.1 Å². The fourth-order valence-corrected chi connectivity index (χ4v) is 3.73. The Morgan fingerprint density at radius 2 is 1.54 bits per heavy atom. The third-order valence-corrected chi connectivity index (χ3v) is 5.52. The third kappa shape index (κ3) is 8.41. The molecular weight excluding hydrogens is 440 g/mol. The lowest BCUT2D eigenvalue weighted by atomic mass is 10.1. The van der Waals surface area contributed by atoms with Crippen LogP contribution in [0, 0.1) is 0 Å². The minimum Gasteiger partial charge on any atom is -0.466 e. The van der Waals surface area contributed by atoms with Crippen molar-refractivity contribution < 1.29 is 19.1 Å². The average molecular weight is 473 g/mol. The Morgan fingerprint density at radius 3 is 2.26 bits per heavy atom. The number of esters is 1. The molecule has 3 aromatic rings. The van der Waals surface area contributed by atoms with Crippen molar-refractivity contribution in [1.82, 2.24) is 0 Å². The second-order valence-corrected chi connectivity index (χ2v) is 8.18. The van der Waals surface area contributed by atoms with Crippen LogP contribution in [0.5, 0.6) is 0 Å². The Hall–Kier alpha value is -3.93. The molecule has 182 valence electrons. The Morgan fingerprint density at radius 1 is 0.829 bits per heavy atom. The van der Waals surface area contributed by atoms with Gasteiger partial charge in [0, 0.05) is 36.3 Å². The monoisotopic (exact) mass is 472 g/mol. The van der Waals surface area contributed by atoms with Gasteiger partial charge in [-0.2, -0.15) is 0 Å². The Labute approximate surface area is 206 Å². The molecule has 3 rings (SSSR count). The van der Waals surface area contributed by atoms with Crippen molar-refractivity contribution in [3.63, 3.8) is 0 Å². The van der Waals surface area contributed by atoms with Crippen LogP contribution in [0.15, 0.2) is 84.9 Å². The number of para-hydroxylation sites is 1. The summed E-state index contributed by atoms with van der Waals surface area (Å²) in [5.74, 6) is -0.634. The molecule has 0 heterocycles. The number of carbonyl (C=O) groups excluding carboxylic acids is 3. The SMILES string of the molecule is CCN(C(=O)c1cccc(NC(=O)CCCC(=O)OCCCc2ccccc2)c1)c1ccccc1. The molecule has 2 amide bonds. The standard InChI is InChI=1S/C29H32N2O4/c1-2-31(26-17-7-4-8-18-26)29(34)24-15-9-16-25(22-24)30-27(32)19-10-20-28(33)35-21-11-14-23-12-5-3-6-13-23/h3-9,12-13,15-18,22H,2,10-11,14,19-21H2,1H3,(H,30,32). The molecule has 35 heavy (non-hydrogen) atoms. The molecule has 0 aliphatic rings. The number of aryl methyl sites for hydroxylation is 1. The topological polar surface area (TPSA) is 75.7 Å². The van der Waals surface area contributed by atoms with Crippen molar-refractivity contribution in [2.45, 2.75) is 39.0 Å². The maximum atomic E-state index is 13.0. The van der Waals surface area contributed by atoms with E-state index in [0.29, 0.717) is 30.8 Å². The van der Waals surface area contributed by atoms with Gasteiger partial charge in [0.1, 0.15) is 0 Å². The number of hydrogen-bond donors (Lipinski definition) is 1. The molecule has 0 saturated heterocycles. The molecule has 0 saturated carbocycles. The Kier molecular flexibility index (Phi) is 10.1. The molecule has 0 aliphatic carbocycles. The van der Waals surface area contributed by atoms with Crippen molar-refractivity contribution >= 4 is 29.2 Å². The molecule has 0 radical (unpaired) electrons. The van der Waals surface area contributed by atoms with Gasteiger partial charge in [0.25, 0.3) is 5.91 Å². The summed E-state index contributed by atoms with van der Waals surface area (Å²) >= 11 is 0. The molecule has 0 aromatic heterocycles. The first-order chi connectivity index (χ1) is 17.1. The van der Waals surface area contributed by atoms with Crippen LogP contribution in [0.3, 0.4) is 0 Å². The van der Waals surface area contributed by atoms with E-state index in [-0.39, 0.29) is 30.6 Å². The smallest absolute Gasteiger partial charge is 0.305 e. The molecule has 1 N–H and O–H groups in total. The van der Waals surface area contributed by atoms with E-state index < -0.39 is 0 Å². The summed E-state index contributed by atoms with van der Waals surface area (Å²) in [4.78, 5) is 39.0. The highest BCUT2D eigenvalue weighted by Crippen LogP contribution is 2.19. The van der Waals surface area contributed by atoms with Crippen LogP contribution in [-0.4, -0.2) is 30.9 Å². The van der Waals surface area contributed by atoms with E-state index in [0.717, 1.165) is 18.5 Å². The summed E-state index contributed by atoms with van der Waals surface area (Å²) in [5.41, 5.74) is 3.08. The van der Waals surface area contributed by atoms with E-state index in [1.807, 2.05) is 55.5 Å². The molecular formula is C29H32N2O4. The summed E-state index contributed by atoms with van der Waals surface area (Å²) in [5, 5.41) is 2.82. The zero-order chi connectivity index (χ0) is 24.9. The van der Waals surface area contributed by atoms with Crippen LogP contribution in [0.2, 0.25) is 0 Å². The van der Waals surface area contributed by atoms with Gasteiger partial charge in [-0.15, -0.1) is 0 Å². The van der Waals surface area contributed by atoms with Gasteiger partial charge in [-0.05, 0) is 62.1 Å². The van der Waals surface area contributed by atoms with Crippen molar-refractivity contribution in [1.29, 1.82) is 0 Å². The molecule has 0 aliphatic heterocycles. The number of rotatable bonds is 12. The largest absolute Gasteiger partial charge is 0.466 e. The minimum absolute atomic E-state index is 0.134. The van der Waals surface area contributed by atoms with Gasteiger partial charge in [0.15, 0.2) is 0 Å². The number of amides is 2. The summed E-state index contributed by atoms with van der Waals surface area (Å²) in [6.45, 7) is 2.82. The minimum atomic E-state index is -0.293. The van der Waals surface area contributed by atoms with Crippen LogP contribution in [0.1, 0.15) is 48.5 Å². The number of ether oxygens (including phenoxy) is 1. The van der Waals surface area contributed by atoms with Gasteiger partial charge < -0.3 is 15.0 Å². The van der Waals surface area contributed by atoms with Crippen molar-refractivity contribution in [2.75, 3.05) is 23.4 Å². The van der Waals surface area contributed by atoms with Gasteiger partial charge in [-0.1, -0.05) is 54.6 Å². The third-order valence-electron chi connectivity index (χ3n) is 5.52. The van der Waals surface area contributed by atoms with Crippen LogP contribution in [0.4, 0.5) is 11.4 Å².